The molecule has 25 heavy (non-hydrogen) atoms. The Morgan fingerprint density at radius 2 is 2.08 bits per heavy atom. The molecule has 5 nitrogen and oxygen atoms in total. The van der Waals surface area contributed by atoms with E-state index >= 15 is 0 Å². The van der Waals surface area contributed by atoms with Gasteiger partial charge in [0.1, 0.15) is 5.82 Å². The number of rotatable bonds is 3. The number of likely N-dealkylation sites (tertiary alicyclic amines) is 1. The topological polar surface area (TPSA) is 44.8 Å². The van der Waals surface area contributed by atoms with Crippen molar-refractivity contribution in [3.05, 3.63) is 35.6 Å². The van der Waals surface area contributed by atoms with Crippen LogP contribution in [-0.2, 0) is 4.74 Å². The molecule has 3 fully saturated rings. The van der Waals surface area contributed by atoms with Crippen LogP contribution in [0.1, 0.15) is 31.2 Å². The number of carbonyl (C=O) groups is 1. The molecule has 0 unspecified atom stereocenters. The number of carbonyl (C=O) groups excluding carboxylic acids is 1. The first-order valence-corrected chi connectivity index (χ1v) is 9.28. The van der Waals surface area contributed by atoms with Crippen LogP contribution >= 0.6 is 0 Å². The van der Waals surface area contributed by atoms with E-state index in [2.05, 4.69) is 17.1 Å². The predicted octanol–water partition coefficient (Wildman–Crippen LogP) is 2.19. The molecule has 0 radical (unpaired) electrons. The third-order valence-corrected chi connectivity index (χ3v) is 5.87. The Hall–Kier alpha value is -1.66. The number of morpholine rings is 1. The second-order valence-corrected chi connectivity index (χ2v) is 7.39. The number of halogens is 1. The second-order valence-electron chi connectivity index (χ2n) is 7.39. The lowest BCUT2D eigenvalue weighted by Crippen LogP contribution is -2.51. The van der Waals surface area contributed by atoms with Crippen molar-refractivity contribution in [2.24, 2.45) is 0 Å². The van der Waals surface area contributed by atoms with Crippen LogP contribution in [-0.4, -0.2) is 66.8 Å². The average molecular weight is 347 g/mol. The molecule has 0 spiro atoms. The largest absolute Gasteiger partial charge is 0.379 e. The number of ether oxygens (including phenoxy) is 1. The van der Waals surface area contributed by atoms with Crippen LogP contribution in [0.15, 0.2) is 24.3 Å². The van der Waals surface area contributed by atoms with Gasteiger partial charge in [0.05, 0.1) is 13.2 Å². The number of urea groups is 1. The van der Waals surface area contributed by atoms with Crippen molar-refractivity contribution in [3.63, 3.8) is 0 Å². The fraction of sp³-hybridized carbons (Fsp3) is 0.632. The maximum atomic E-state index is 13.4. The quantitative estimate of drug-likeness (QED) is 0.912. The Labute approximate surface area is 148 Å². The summed E-state index contributed by atoms with van der Waals surface area (Å²) in [7, 11) is 0. The Morgan fingerprint density at radius 1 is 1.28 bits per heavy atom. The Kier molecular flexibility index (Phi) is 4.65. The molecule has 2 aliphatic heterocycles. The maximum absolute atomic E-state index is 13.4. The van der Waals surface area contributed by atoms with E-state index in [1.54, 1.807) is 12.1 Å². The fourth-order valence-electron chi connectivity index (χ4n) is 4.31. The minimum Gasteiger partial charge on any atom is -0.379 e. The first kappa shape index (κ1) is 16.8. The number of nitrogens with zero attached hydrogens (tertiary/aromatic N) is 2. The lowest BCUT2D eigenvalue weighted by atomic mass is 10.1. The smallest absolute Gasteiger partial charge is 0.317 e. The lowest BCUT2D eigenvalue weighted by Gasteiger charge is -2.35. The van der Waals surface area contributed by atoms with Crippen LogP contribution in [0.4, 0.5) is 9.18 Å². The van der Waals surface area contributed by atoms with Gasteiger partial charge in [-0.2, -0.15) is 0 Å². The van der Waals surface area contributed by atoms with Crippen molar-refractivity contribution < 1.29 is 13.9 Å². The van der Waals surface area contributed by atoms with E-state index in [-0.39, 0.29) is 29.8 Å². The summed E-state index contributed by atoms with van der Waals surface area (Å²) in [5.74, 6) is 0.0311. The Balaban J connectivity index is 1.32. The highest BCUT2D eigenvalue weighted by Crippen LogP contribution is 2.41. The zero-order valence-corrected chi connectivity index (χ0v) is 14.7. The molecule has 0 bridgehead atoms. The summed E-state index contributed by atoms with van der Waals surface area (Å²) in [5, 5.41) is 3.14. The zero-order chi connectivity index (χ0) is 17.4. The van der Waals surface area contributed by atoms with Gasteiger partial charge in [-0.3, -0.25) is 4.90 Å². The summed E-state index contributed by atoms with van der Waals surface area (Å²) in [4.78, 5) is 17.1. The standard InChI is InChI=1S/C19H26FN3O2/c1-13-18(22-7-9-25-10-8-22)5-6-23(13)19(24)21-17-12-16(17)14-3-2-4-15(20)11-14/h2-4,11,13,16-18H,5-10,12H2,1H3,(H,21,24)/t13-,16+,17-,18-/m1/s1. The van der Waals surface area contributed by atoms with Crippen LogP contribution in [0.25, 0.3) is 0 Å². The minimum atomic E-state index is -0.212. The number of nitrogens with one attached hydrogen (secondary N) is 1. The number of amides is 2. The lowest BCUT2D eigenvalue weighted by molar-refractivity contribution is 0.0118. The predicted molar refractivity (Wildman–Crippen MR) is 93.0 cm³/mol. The summed E-state index contributed by atoms with van der Waals surface area (Å²) < 4.78 is 18.8. The minimum absolute atomic E-state index is 0.0205. The van der Waals surface area contributed by atoms with Crippen molar-refractivity contribution in [1.82, 2.24) is 15.1 Å². The van der Waals surface area contributed by atoms with Gasteiger partial charge in [0.2, 0.25) is 0 Å². The molecule has 1 aliphatic carbocycles. The fourth-order valence-corrected chi connectivity index (χ4v) is 4.31. The third kappa shape index (κ3) is 3.51. The summed E-state index contributed by atoms with van der Waals surface area (Å²) in [5.41, 5.74) is 0.978. The van der Waals surface area contributed by atoms with Gasteiger partial charge in [-0.25, -0.2) is 9.18 Å². The van der Waals surface area contributed by atoms with E-state index in [9.17, 15) is 9.18 Å². The molecule has 2 saturated heterocycles. The monoisotopic (exact) mass is 347 g/mol. The molecule has 4 atom stereocenters. The van der Waals surface area contributed by atoms with Crippen molar-refractivity contribution in [1.29, 1.82) is 0 Å². The highest BCUT2D eigenvalue weighted by Gasteiger charge is 2.43. The van der Waals surface area contributed by atoms with E-state index in [4.69, 9.17) is 4.74 Å². The van der Waals surface area contributed by atoms with Gasteiger partial charge >= 0.3 is 6.03 Å². The normalized spacial score (nSPS) is 32.6. The van der Waals surface area contributed by atoms with Crippen molar-refractivity contribution in [2.45, 2.75) is 43.8 Å². The summed E-state index contributed by atoms with van der Waals surface area (Å²) in [6.45, 7) is 6.42. The zero-order valence-electron chi connectivity index (χ0n) is 14.7. The van der Waals surface area contributed by atoms with Gasteiger partial charge < -0.3 is 15.0 Å². The second kappa shape index (κ2) is 6.92. The summed E-state index contributed by atoms with van der Waals surface area (Å²) >= 11 is 0. The SMILES string of the molecule is C[C@@H]1[C@H](N2CCOCC2)CCN1C(=O)N[C@@H]1C[C@H]1c1cccc(F)c1. The van der Waals surface area contributed by atoms with Gasteiger partial charge in [-0.05, 0) is 37.5 Å². The van der Waals surface area contributed by atoms with Crippen LogP contribution in [0, 0.1) is 5.82 Å². The third-order valence-electron chi connectivity index (χ3n) is 5.87. The van der Waals surface area contributed by atoms with Crippen LogP contribution in [0.3, 0.4) is 0 Å². The summed E-state index contributed by atoms with van der Waals surface area (Å²) in [6.07, 6.45) is 1.91. The highest BCUT2D eigenvalue weighted by atomic mass is 19.1. The molecule has 2 heterocycles. The Morgan fingerprint density at radius 3 is 2.84 bits per heavy atom. The van der Waals surface area contributed by atoms with Crippen LogP contribution in [0.5, 0.6) is 0 Å². The molecule has 1 saturated carbocycles. The van der Waals surface area contributed by atoms with Crippen molar-refractivity contribution in [3.8, 4) is 0 Å². The first-order valence-electron chi connectivity index (χ1n) is 9.28. The van der Waals surface area contributed by atoms with Crippen molar-refractivity contribution >= 4 is 6.03 Å². The summed E-state index contributed by atoms with van der Waals surface area (Å²) in [6, 6.07) is 7.49. The van der Waals surface area contributed by atoms with E-state index in [0.29, 0.717) is 6.04 Å². The van der Waals surface area contributed by atoms with Gasteiger partial charge in [0, 0.05) is 43.7 Å². The maximum Gasteiger partial charge on any atom is 0.317 e. The van der Waals surface area contributed by atoms with E-state index < -0.39 is 0 Å². The Bertz CT molecular complexity index is 635. The molecule has 6 heteroatoms. The molecule has 1 aromatic rings. The molecule has 4 rings (SSSR count). The number of hydrogen-bond donors (Lipinski definition) is 1. The molecule has 1 N–H and O–H groups in total. The molecule has 2 amide bonds. The molecular formula is C19H26FN3O2. The molecule has 3 aliphatic rings. The molecule has 0 aromatic heterocycles. The van der Waals surface area contributed by atoms with E-state index in [1.807, 2.05) is 11.0 Å². The molecule has 1 aromatic carbocycles. The first-order chi connectivity index (χ1) is 12.1. The van der Waals surface area contributed by atoms with Crippen molar-refractivity contribution in [2.75, 3.05) is 32.8 Å². The van der Waals surface area contributed by atoms with Gasteiger partial charge in [0.25, 0.3) is 0 Å². The van der Waals surface area contributed by atoms with Gasteiger partial charge in [0.15, 0.2) is 0 Å². The van der Waals surface area contributed by atoms with E-state index in [1.165, 1.54) is 6.07 Å². The van der Waals surface area contributed by atoms with Crippen LogP contribution < -0.4 is 5.32 Å². The van der Waals surface area contributed by atoms with Gasteiger partial charge in [-0.1, -0.05) is 12.1 Å². The van der Waals surface area contributed by atoms with Gasteiger partial charge in [-0.15, -0.1) is 0 Å². The molecule has 136 valence electrons. The average Bonchev–Trinajstić information content (AvgIpc) is 3.27. The highest BCUT2D eigenvalue weighted by molar-refractivity contribution is 5.76. The number of hydrogen-bond acceptors (Lipinski definition) is 3. The molecular weight excluding hydrogens is 321 g/mol. The van der Waals surface area contributed by atoms with Crippen LogP contribution in [0.2, 0.25) is 0 Å². The van der Waals surface area contributed by atoms with E-state index in [0.717, 1.165) is 51.3 Å². The number of benzene rings is 1.